The number of hydrogen-bond acceptors (Lipinski definition) is 3. The highest BCUT2D eigenvalue weighted by molar-refractivity contribution is 6.01. The summed E-state index contributed by atoms with van der Waals surface area (Å²) in [5.41, 5.74) is 3.02. The fourth-order valence-corrected chi connectivity index (χ4v) is 3.48. The van der Waals surface area contributed by atoms with Crippen LogP contribution in [0.15, 0.2) is 24.4 Å². The Balaban J connectivity index is 2.38. The number of nitrogens with one attached hydrogen (secondary N) is 1. The van der Waals surface area contributed by atoms with Crippen molar-refractivity contribution in [3.05, 3.63) is 30.0 Å². The molecule has 26 heavy (non-hydrogen) atoms. The smallest absolute Gasteiger partial charge is 0.329 e. The Kier molecular flexibility index (Phi) is 7.25. The summed E-state index contributed by atoms with van der Waals surface area (Å²) in [6, 6.07) is 5.32. The highest BCUT2D eigenvalue weighted by Gasteiger charge is 2.31. The van der Waals surface area contributed by atoms with Crippen LogP contribution in [0.2, 0.25) is 0 Å². The molecule has 1 N–H and O–H groups in total. The van der Waals surface area contributed by atoms with Gasteiger partial charge in [0.1, 0.15) is 6.04 Å². The molecule has 0 aliphatic heterocycles. The van der Waals surface area contributed by atoms with Gasteiger partial charge in [-0.25, -0.2) is 4.79 Å². The third kappa shape index (κ3) is 4.26. The van der Waals surface area contributed by atoms with Crippen molar-refractivity contribution < 1.29 is 14.3 Å². The Labute approximate surface area is 155 Å². The molecule has 2 rings (SSSR count). The van der Waals surface area contributed by atoms with Crippen LogP contribution in [0.3, 0.4) is 0 Å². The number of esters is 1. The van der Waals surface area contributed by atoms with Crippen LogP contribution >= 0.6 is 0 Å². The van der Waals surface area contributed by atoms with Gasteiger partial charge in [0, 0.05) is 11.6 Å². The van der Waals surface area contributed by atoms with E-state index < -0.39 is 12.0 Å². The number of ether oxygens (including phenoxy) is 1. The summed E-state index contributed by atoms with van der Waals surface area (Å²) in [4.78, 5) is 28.9. The highest BCUT2D eigenvalue weighted by Crippen LogP contribution is 2.32. The van der Waals surface area contributed by atoms with Gasteiger partial charge < -0.3 is 9.72 Å². The van der Waals surface area contributed by atoms with Crippen LogP contribution in [0.4, 0.5) is 5.69 Å². The van der Waals surface area contributed by atoms with Crippen molar-refractivity contribution in [2.75, 3.05) is 12.0 Å². The van der Waals surface area contributed by atoms with Crippen molar-refractivity contribution in [2.24, 2.45) is 5.92 Å². The molecule has 0 spiro atoms. The minimum atomic E-state index is -0.647. The van der Waals surface area contributed by atoms with Gasteiger partial charge in [-0.05, 0) is 36.5 Å². The van der Waals surface area contributed by atoms with E-state index in [4.69, 9.17) is 4.74 Å². The lowest BCUT2D eigenvalue weighted by Gasteiger charge is -2.29. The second kappa shape index (κ2) is 9.41. The molecular formula is C21H30N2O3. The van der Waals surface area contributed by atoms with Gasteiger partial charge in [0.25, 0.3) is 0 Å². The van der Waals surface area contributed by atoms with E-state index in [-0.39, 0.29) is 5.92 Å². The number of unbranched alkanes of at least 4 members (excludes halogenated alkanes) is 3. The quantitative estimate of drug-likeness (QED) is 0.388. The van der Waals surface area contributed by atoms with Gasteiger partial charge in [0.15, 0.2) is 0 Å². The molecule has 5 heteroatoms. The van der Waals surface area contributed by atoms with Crippen LogP contribution in [0.5, 0.6) is 0 Å². The number of anilines is 1. The SMILES string of the molecule is CCCCCCc1ccc(N(C=O)[C@H](C(=O)OC)C(C)C)c2cc[nH]c12. The number of aryl methyl sites for hydroxylation is 1. The first-order valence-electron chi connectivity index (χ1n) is 9.45. The summed E-state index contributed by atoms with van der Waals surface area (Å²) in [6.45, 7) is 6.03. The molecule has 142 valence electrons. The number of fused-ring (bicyclic) bond motifs is 1. The van der Waals surface area contributed by atoms with Crippen molar-refractivity contribution in [1.29, 1.82) is 0 Å². The van der Waals surface area contributed by atoms with Crippen LogP contribution in [0.25, 0.3) is 10.9 Å². The first-order valence-corrected chi connectivity index (χ1v) is 9.45. The van der Waals surface area contributed by atoms with E-state index in [2.05, 4.69) is 18.0 Å². The predicted molar refractivity (Wildman–Crippen MR) is 105 cm³/mol. The number of hydrogen-bond donors (Lipinski definition) is 1. The van der Waals surface area contributed by atoms with Crippen molar-refractivity contribution in [2.45, 2.75) is 58.9 Å². The van der Waals surface area contributed by atoms with Crippen LogP contribution in [-0.4, -0.2) is 30.5 Å². The fourth-order valence-electron chi connectivity index (χ4n) is 3.48. The monoisotopic (exact) mass is 358 g/mol. The second-order valence-electron chi connectivity index (χ2n) is 7.05. The summed E-state index contributed by atoms with van der Waals surface area (Å²) in [5, 5.41) is 0.958. The van der Waals surface area contributed by atoms with Gasteiger partial charge in [-0.3, -0.25) is 9.69 Å². The molecule has 1 heterocycles. The Hall–Kier alpha value is -2.30. The normalized spacial score (nSPS) is 12.3. The average Bonchev–Trinajstić information content (AvgIpc) is 3.12. The number of aromatic amines is 1. The van der Waals surface area contributed by atoms with Gasteiger partial charge in [-0.1, -0.05) is 46.1 Å². The van der Waals surface area contributed by atoms with Crippen LogP contribution in [0, 0.1) is 5.92 Å². The first-order chi connectivity index (χ1) is 12.5. The summed E-state index contributed by atoms with van der Waals surface area (Å²) < 4.78 is 4.92. The Bertz CT molecular complexity index is 736. The third-order valence-corrected chi connectivity index (χ3v) is 4.85. The molecule has 2 aromatic rings. The molecule has 0 aliphatic rings. The van der Waals surface area contributed by atoms with E-state index in [0.717, 1.165) is 35.8 Å². The molecule has 0 bridgehead atoms. The van der Waals surface area contributed by atoms with E-state index in [1.165, 1.54) is 36.8 Å². The maximum Gasteiger partial charge on any atom is 0.329 e. The van der Waals surface area contributed by atoms with Crippen molar-refractivity contribution >= 4 is 29.0 Å². The number of methoxy groups -OCH3 is 1. The molecule has 5 nitrogen and oxygen atoms in total. The first kappa shape index (κ1) is 20.0. The third-order valence-electron chi connectivity index (χ3n) is 4.85. The topological polar surface area (TPSA) is 62.4 Å². The summed E-state index contributed by atoms with van der Waals surface area (Å²) in [5.74, 6) is -0.463. The Morgan fingerprint density at radius 1 is 1.23 bits per heavy atom. The van der Waals surface area contributed by atoms with Gasteiger partial charge in [0.05, 0.1) is 18.3 Å². The Morgan fingerprint density at radius 2 is 2.00 bits per heavy atom. The second-order valence-corrected chi connectivity index (χ2v) is 7.05. The molecule has 1 amide bonds. The maximum absolute atomic E-state index is 12.2. The standard InChI is InChI=1S/C21H30N2O3/c1-5-6-7-8-9-16-10-11-18(17-12-13-22-19(16)17)23(14-24)20(15(2)3)21(25)26-4/h10-15,20,22H,5-9H2,1-4H3/t20-/m0/s1. The number of rotatable bonds is 10. The molecule has 1 aromatic heterocycles. The van der Waals surface area contributed by atoms with Crippen LogP contribution in [0.1, 0.15) is 52.0 Å². The number of carbonyl (C=O) groups is 2. The van der Waals surface area contributed by atoms with E-state index in [0.29, 0.717) is 0 Å². The zero-order chi connectivity index (χ0) is 19.1. The number of nitrogens with zero attached hydrogens (tertiary/aromatic N) is 1. The van der Waals surface area contributed by atoms with E-state index in [1.54, 1.807) is 0 Å². The minimum Gasteiger partial charge on any atom is -0.467 e. The molecule has 0 fully saturated rings. The molecule has 1 aromatic carbocycles. The lowest BCUT2D eigenvalue weighted by atomic mass is 9.99. The van der Waals surface area contributed by atoms with Crippen LogP contribution < -0.4 is 4.90 Å². The Morgan fingerprint density at radius 3 is 2.62 bits per heavy atom. The highest BCUT2D eigenvalue weighted by atomic mass is 16.5. The number of amides is 1. The number of aromatic nitrogens is 1. The predicted octanol–water partition coefficient (Wildman–Crippen LogP) is 4.45. The average molecular weight is 358 g/mol. The summed E-state index contributed by atoms with van der Waals surface area (Å²) in [7, 11) is 1.35. The van der Waals surface area contributed by atoms with Crippen molar-refractivity contribution in [1.82, 2.24) is 4.98 Å². The van der Waals surface area contributed by atoms with Crippen LogP contribution in [-0.2, 0) is 20.7 Å². The van der Waals surface area contributed by atoms with Crippen molar-refractivity contribution in [3.63, 3.8) is 0 Å². The summed E-state index contributed by atoms with van der Waals surface area (Å²) >= 11 is 0. The molecule has 0 aliphatic carbocycles. The van der Waals surface area contributed by atoms with Gasteiger partial charge in [0.2, 0.25) is 6.41 Å². The zero-order valence-electron chi connectivity index (χ0n) is 16.2. The minimum absolute atomic E-state index is 0.0598. The molecule has 0 saturated carbocycles. The lowest BCUT2D eigenvalue weighted by molar-refractivity contribution is -0.144. The van der Waals surface area contributed by atoms with Crippen molar-refractivity contribution in [3.8, 4) is 0 Å². The molecule has 0 radical (unpaired) electrons. The number of benzene rings is 1. The summed E-state index contributed by atoms with van der Waals surface area (Å²) in [6.07, 6.45) is 8.45. The molecule has 1 atom stereocenters. The van der Waals surface area contributed by atoms with Gasteiger partial charge in [-0.2, -0.15) is 0 Å². The van der Waals surface area contributed by atoms with E-state index >= 15 is 0 Å². The zero-order valence-corrected chi connectivity index (χ0v) is 16.2. The van der Waals surface area contributed by atoms with Gasteiger partial charge >= 0.3 is 5.97 Å². The number of H-pyrrole nitrogens is 1. The molecule has 0 unspecified atom stereocenters. The molecular weight excluding hydrogens is 328 g/mol. The lowest BCUT2D eigenvalue weighted by Crippen LogP contribution is -2.45. The van der Waals surface area contributed by atoms with E-state index in [1.807, 2.05) is 32.2 Å². The fraction of sp³-hybridized carbons (Fsp3) is 0.524. The number of carbonyl (C=O) groups excluding carboxylic acids is 2. The maximum atomic E-state index is 12.2. The van der Waals surface area contributed by atoms with E-state index in [9.17, 15) is 9.59 Å². The molecule has 0 saturated heterocycles. The van der Waals surface area contributed by atoms with Gasteiger partial charge in [-0.15, -0.1) is 0 Å². The largest absolute Gasteiger partial charge is 0.467 e.